The molecule has 0 aliphatic carbocycles. The number of nitriles is 6. The summed E-state index contributed by atoms with van der Waals surface area (Å²) < 4.78 is 0. The van der Waals surface area contributed by atoms with Crippen LogP contribution in [-0.2, 0) is 36.5 Å². The van der Waals surface area contributed by atoms with Gasteiger partial charge in [-0.2, -0.15) is 0 Å². The van der Waals surface area contributed by atoms with Crippen molar-refractivity contribution in [3.05, 3.63) is 0 Å². The molecule has 0 saturated carbocycles. The van der Waals surface area contributed by atoms with E-state index in [4.69, 9.17) is 31.6 Å². The molecule has 9 heteroatoms. The molecule has 0 aromatic heterocycles. The molecule has 72 valence electrons. The normalized spacial score (nSPS) is 0.800. The number of hydrogen-bond acceptors (Lipinski definition) is 6. The van der Waals surface area contributed by atoms with E-state index in [2.05, 4.69) is 39.4 Å². The van der Waals surface area contributed by atoms with Crippen LogP contribution < -0.4 is 51.4 Å². The summed E-state index contributed by atoms with van der Waals surface area (Å²) in [4.78, 5) is 0. The molecule has 0 heterocycles. The molecule has 0 aliphatic rings. The smallest absolute Gasteiger partial charge is 1.00 e. The Morgan fingerprint density at radius 1 is 0.467 bits per heavy atom. The molecular weight excluding hydrogens is 316 g/mol. The summed E-state index contributed by atoms with van der Waals surface area (Å²) in [6, 6.07) is 0. The largest absolute Gasteiger partial charge is 1.00 e. The summed E-state index contributed by atoms with van der Waals surface area (Å²) >= 11 is 0. The van der Waals surface area contributed by atoms with E-state index in [1.54, 1.807) is 0 Å². The predicted octanol–water partition coefficient (Wildman–Crippen LogP) is -2.05. The molecule has 0 unspecified atom stereocenters. The van der Waals surface area contributed by atoms with Crippen molar-refractivity contribution in [2.45, 2.75) is 0 Å². The minimum absolute atomic E-state index is 0. The average molecular weight is 323 g/mol. The third-order valence-corrected chi connectivity index (χ3v) is 0. The van der Waals surface area contributed by atoms with Gasteiger partial charge in [0, 0.05) is 76.0 Å². The molecule has 6 nitrogen and oxygen atoms in total. The fourth-order valence-corrected chi connectivity index (χ4v) is 0. The minimum Gasteiger partial charge on any atom is -1.00 e. The Labute approximate surface area is 158 Å². The van der Waals surface area contributed by atoms with Gasteiger partial charge in [0.05, 0.1) is 0 Å². The second-order valence-electron chi connectivity index (χ2n) is 0. The molecule has 0 aliphatic heterocycles. The van der Waals surface area contributed by atoms with E-state index in [0.29, 0.717) is 0 Å². The summed E-state index contributed by atoms with van der Waals surface area (Å²) in [7, 11) is 0. The van der Waals surface area contributed by atoms with Crippen LogP contribution in [0.1, 0.15) is 1.43 Å². The van der Waals surface area contributed by atoms with Gasteiger partial charge in [-0.3, -0.25) is 0 Å². The van der Waals surface area contributed by atoms with Crippen molar-refractivity contribution in [3.63, 3.8) is 0 Å². The maximum absolute atomic E-state index is 6.50. The van der Waals surface area contributed by atoms with E-state index in [0.717, 1.165) is 0 Å². The molecule has 0 fully saturated rings. The quantitative estimate of drug-likeness (QED) is 0.469. The second kappa shape index (κ2) is 28200. The van der Waals surface area contributed by atoms with E-state index in [-0.39, 0.29) is 89.4 Å². The first-order valence-corrected chi connectivity index (χ1v) is 1.55. The fourth-order valence-electron chi connectivity index (χ4n) is 0. The van der Waals surface area contributed by atoms with Crippen LogP contribution in [0, 0.1) is 71.0 Å². The van der Waals surface area contributed by atoms with E-state index in [1.807, 2.05) is 0 Å². The average Bonchev–Trinajstić information content (AvgIpc) is 2.33. The second-order valence-corrected chi connectivity index (χ2v) is 0. The Kier molecular flexibility index (Phi) is 159000. The van der Waals surface area contributed by atoms with E-state index < -0.39 is 0 Å². The van der Waals surface area contributed by atoms with Crippen molar-refractivity contribution in [2.75, 3.05) is 0 Å². The monoisotopic (exact) mass is 322 g/mol. The zero-order valence-corrected chi connectivity index (χ0v) is 15.4. The molecule has 0 rings (SSSR count). The Hall–Kier alpha value is -0.281. The number of hydrogen-bond donors (Lipinski definition) is 0. The molecule has 0 N–H and O–H groups in total. The van der Waals surface area contributed by atoms with Crippen molar-refractivity contribution in [1.82, 2.24) is 0 Å². The molecular formula is C6H7FeKN6Zn. The molecule has 0 saturated heterocycles. The van der Waals surface area contributed by atoms with Gasteiger partial charge in [-0.15, -0.1) is 0 Å². The van der Waals surface area contributed by atoms with Crippen LogP contribution >= 0.6 is 0 Å². The Bertz CT molecular complexity index is 108. The summed E-state index contributed by atoms with van der Waals surface area (Å²) in [5.41, 5.74) is 0. The maximum Gasteiger partial charge on any atom is 1.00 e. The van der Waals surface area contributed by atoms with Crippen LogP contribution in [0.4, 0.5) is 0 Å². The summed E-state index contributed by atoms with van der Waals surface area (Å²) in [6.07, 6.45) is 0. The van der Waals surface area contributed by atoms with Gasteiger partial charge in [0.1, 0.15) is 0 Å². The molecule has 0 aromatic carbocycles. The third kappa shape index (κ3) is 23900. The van der Waals surface area contributed by atoms with Crippen molar-refractivity contribution in [1.29, 1.82) is 31.6 Å². The molecule has 0 amide bonds. The SMILES string of the molecule is C#N.C#N.C#N.C#N.C#N.C#N.[Fe].[H-].[K+].[Zn]. The minimum atomic E-state index is 0. The maximum atomic E-state index is 6.50. The van der Waals surface area contributed by atoms with Gasteiger partial charge in [-0.25, -0.2) is 31.6 Å². The Morgan fingerprint density at radius 2 is 0.467 bits per heavy atom. The van der Waals surface area contributed by atoms with Crippen LogP contribution in [0.2, 0.25) is 0 Å². The van der Waals surface area contributed by atoms with Gasteiger partial charge >= 0.3 is 51.4 Å². The number of rotatable bonds is 0. The number of nitrogens with zero attached hydrogens (tertiary/aromatic N) is 6. The first kappa shape index (κ1) is 84.7. The fraction of sp³-hybridized carbons (Fsp3) is 0. The van der Waals surface area contributed by atoms with Crippen LogP contribution in [-0.4, -0.2) is 0 Å². The van der Waals surface area contributed by atoms with Crippen molar-refractivity contribution >= 4 is 0 Å². The molecule has 0 radical (unpaired) electrons. The van der Waals surface area contributed by atoms with Gasteiger partial charge in [-0.1, -0.05) is 0 Å². The first-order valence-electron chi connectivity index (χ1n) is 1.55. The van der Waals surface area contributed by atoms with Crippen molar-refractivity contribution in [3.8, 4) is 39.4 Å². The van der Waals surface area contributed by atoms with Crippen molar-refractivity contribution in [2.24, 2.45) is 0 Å². The molecule has 0 bridgehead atoms. The zero-order valence-electron chi connectivity index (χ0n) is 9.21. The van der Waals surface area contributed by atoms with E-state index in [9.17, 15) is 0 Å². The van der Waals surface area contributed by atoms with Gasteiger partial charge in [-0.05, 0) is 0 Å². The van der Waals surface area contributed by atoms with Gasteiger partial charge in [0.15, 0.2) is 0 Å². The van der Waals surface area contributed by atoms with Gasteiger partial charge < -0.3 is 1.43 Å². The van der Waals surface area contributed by atoms with Crippen LogP contribution in [0.5, 0.6) is 0 Å². The molecule has 0 atom stereocenters. The Morgan fingerprint density at radius 3 is 0.467 bits per heavy atom. The first-order chi connectivity index (χ1) is 6.00. The molecule has 0 aromatic rings. The van der Waals surface area contributed by atoms with E-state index >= 15 is 0 Å². The third-order valence-electron chi connectivity index (χ3n) is 0. The summed E-state index contributed by atoms with van der Waals surface area (Å²) in [5.74, 6) is 0. The van der Waals surface area contributed by atoms with Gasteiger partial charge in [0.25, 0.3) is 0 Å². The van der Waals surface area contributed by atoms with Crippen LogP contribution in [0.15, 0.2) is 0 Å². The van der Waals surface area contributed by atoms with Crippen LogP contribution in [0.25, 0.3) is 0 Å². The topological polar surface area (TPSA) is 143 Å². The van der Waals surface area contributed by atoms with E-state index in [1.165, 1.54) is 0 Å². The van der Waals surface area contributed by atoms with Crippen molar-refractivity contribution < 1.29 is 89.4 Å². The molecule has 0 spiro atoms. The van der Waals surface area contributed by atoms with Crippen LogP contribution in [0.3, 0.4) is 0 Å². The summed E-state index contributed by atoms with van der Waals surface area (Å²) in [6.45, 7) is 21.0. The van der Waals surface area contributed by atoms with Gasteiger partial charge in [0.2, 0.25) is 0 Å². The zero-order chi connectivity index (χ0) is 12.0. The predicted molar refractivity (Wildman–Crippen MR) is 41.1 cm³/mol. The molecule has 15 heavy (non-hydrogen) atoms. The summed E-state index contributed by atoms with van der Waals surface area (Å²) in [5, 5.41) is 39.0. The Balaban J connectivity index is -0.00000000321. The standard InChI is InChI=1S/6CHN.Fe.K.Zn.H/c6*1-2;;;;/h6*1H;;;;/q;;;;;;;+1;;-1.